The molecular formula is C8H9F2NO2. The molecule has 0 atom stereocenters. The van der Waals surface area contributed by atoms with Crippen molar-refractivity contribution in [2.24, 2.45) is 0 Å². The van der Waals surface area contributed by atoms with Gasteiger partial charge in [0.15, 0.2) is 5.43 Å². The van der Waals surface area contributed by atoms with Crippen LogP contribution in [0.15, 0.2) is 10.9 Å². The van der Waals surface area contributed by atoms with Crippen molar-refractivity contribution in [1.29, 1.82) is 0 Å². The van der Waals surface area contributed by atoms with Crippen LogP contribution >= 0.6 is 0 Å². The van der Waals surface area contributed by atoms with Crippen LogP contribution in [0.1, 0.15) is 23.4 Å². The molecule has 1 aromatic rings. The van der Waals surface area contributed by atoms with E-state index in [1.807, 2.05) is 0 Å². The molecule has 0 radical (unpaired) electrons. The Balaban J connectivity index is 3.38. The van der Waals surface area contributed by atoms with Crippen LogP contribution < -0.4 is 5.43 Å². The molecule has 5 heteroatoms. The van der Waals surface area contributed by atoms with Crippen molar-refractivity contribution in [3.8, 4) is 0 Å². The van der Waals surface area contributed by atoms with Gasteiger partial charge < -0.3 is 10.1 Å². The Bertz CT molecular complexity index is 360. The second kappa shape index (κ2) is 3.66. The lowest BCUT2D eigenvalue weighted by Crippen LogP contribution is -2.14. The average Bonchev–Trinajstić information content (AvgIpc) is 2.02. The molecule has 0 spiro atoms. The van der Waals surface area contributed by atoms with Crippen LogP contribution in [0.4, 0.5) is 8.78 Å². The fraction of sp³-hybridized carbons (Fsp3) is 0.375. The minimum absolute atomic E-state index is 0.263. The van der Waals surface area contributed by atoms with Gasteiger partial charge in [-0.2, -0.15) is 0 Å². The second-order valence-corrected chi connectivity index (χ2v) is 2.67. The van der Waals surface area contributed by atoms with E-state index in [1.165, 1.54) is 13.0 Å². The lowest BCUT2D eigenvalue weighted by atomic mass is 10.2. The SMILES string of the molecule is Cc1cc(=O)c(CO)c(C(F)F)[nH]1. The van der Waals surface area contributed by atoms with Crippen LogP contribution in [0.2, 0.25) is 0 Å². The summed E-state index contributed by atoms with van der Waals surface area (Å²) in [6, 6.07) is 1.18. The highest BCUT2D eigenvalue weighted by molar-refractivity contribution is 5.23. The fourth-order valence-corrected chi connectivity index (χ4v) is 1.09. The van der Waals surface area contributed by atoms with Crippen molar-refractivity contribution in [3.05, 3.63) is 33.2 Å². The van der Waals surface area contributed by atoms with Crippen LogP contribution in [0.25, 0.3) is 0 Å². The minimum atomic E-state index is -2.77. The van der Waals surface area contributed by atoms with Gasteiger partial charge in [0.05, 0.1) is 12.3 Å². The van der Waals surface area contributed by atoms with E-state index in [1.54, 1.807) is 0 Å². The number of aliphatic hydroxyl groups excluding tert-OH is 1. The van der Waals surface area contributed by atoms with Crippen molar-refractivity contribution in [1.82, 2.24) is 4.98 Å². The molecule has 0 unspecified atom stereocenters. The van der Waals surface area contributed by atoms with Gasteiger partial charge in [-0.25, -0.2) is 8.78 Å². The lowest BCUT2D eigenvalue weighted by molar-refractivity contribution is 0.141. The Morgan fingerprint density at radius 3 is 2.69 bits per heavy atom. The number of aryl methyl sites for hydroxylation is 1. The molecule has 0 aliphatic heterocycles. The number of halogens is 2. The Kier molecular flexibility index (Phi) is 2.77. The van der Waals surface area contributed by atoms with E-state index in [9.17, 15) is 13.6 Å². The molecule has 0 saturated carbocycles. The number of hydrogen-bond donors (Lipinski definition) is 2. The topological polar surface area (TPSA) is 53.1 Å². The third-order valence-electron chi connectivity index (χ3n) is 1.68. The molecule has 1 heterocycles. The zero-order valence-electron chi connectivity index (χ0n) is 6.97. The smallest absolute Gasteiger partial charge is 0.278 e. The monoisotopic (exact) mass is 189 g/mol. The summed E-state index contributed by atoms with van der Waals surface area (Å²) in [6.45, 7) is 0.837. The second-order valence-electron chi connectivity index (χ2n) is 2.67. The van der Waals surface area contributed by atoms with Gasteiger partial charge in [-0.3, -0.25) is 4.79 Å². The normalized spacial score (nSPS) is 10.8. The molecule has 1 rings (SSSR count). The molecule has 0 aliphatic carbocycles. The average molecular weight is 189 g/mol. The van der Waals surface area contributed by atoms with Crippen molar-refractivity contribution in [2.75, 3.05) is 0 Å². The highest BCUT2D eigenvalue weighted by atomic mass is 19.3. The van der Waals surface area contributed by atoms with Gasteiger partial charge in [0.25, 0.3) is 6.43 Å². The van der Waals surface area contributed by atoms with Crippen LogP contribution in [0.5, 0.6) is 0 Å². The molecule has 72 valence electrons. The van der Waals surface area contributed by atoms with E-state index in [-0.39, 0.29) is 5.56 Å². The van der Waals surface area contributed by atoms with E-state index >= 15 is 0 Å². The molecule has 1 aromatic heterocycles. The highest BCUT2D eigenvalue weighted by Gasteiger charge is 2.15. The van der Waals surface area contributed by atoms with Crippen molar-refractivity contribution >= 4 is 0 Å². The van der Waals surface area contributed by atoms with Gasteiger partial charge >= 0.3 is 0 Å². The van der Waals surface area contributed by atoms with Crippen LogP contribution in [0.3, 0.4) is 0 Å². The summed E-state index contributed by atoms with van der Waals surface area (Å²) in [6.07, 6.45) is -2.77. The van der Waals surface area contributed by atoms with Crippen LogP contribution in [-0.2, 0) is 6.61 Å². The lowest BCUT2D eigenvalue weighted by Gasteiger charge is -2.06. The summed E-state index contributed by atoms with van der Waals surface area (Å²) < 4.78 is 24.6. The molecule has 0 fully saturated rings. The van der Waals surface area contributed by atoms with Crippen molar-refractivity contribution in [2.45, 2.75) is 20.0 Å². The summed E-state index contributed by atoms with van der Waals surface area (Å²) >= 11 is 0. The first-order valence-corrected chi connectivity index (χ1v) is 3.68. The molecular weight excluding hydrogens is 180 g/mol. The number of pyridine rings is 1. The first-order chi connectivity index (χ1) is 6.06. The van der Waals surface area contributed by atoms with Crippen LogP contribution in [-0.4, -0.2) is 10.1 Å². The first kappa shape index (κ1) is 9.85. The molecule has 13 heavy (non-hydrogen) atoms. The van der Waals surface area contributed by atoms with Gasteiger partial charge in [-0.15, -0.1) is 0 Å². The Labute approximate surface area is 73.0 Å². The standard InChI is InChI=1S/C8H9F2NO2/c1-4-2-6(13)5(3-12)7(11-4)8(9)10/h2,8,12H,3H2,1H3,(H,11,13). The summed E-state index contributed by atoms with van der Waals surface area (Å²) in [7, 11) is 0. The third-order valence-corrected chi connectivity index (χ3v) is 1.68. The van der Waals surface area contributed by atoms with E-state index in [2.05, 4.69) is 4.98 Å². The predicted octanol–water partition coefficient (Wildman–Crippen LogP) is 1.11. The van der Waals surface area contributed by atoms with Crippen molar-refractivity contribution in [3.63, 3.8) is 0 Å². The van der Waals surface area contributed by atoms with Gasteiger partial charge in [0, 0.05) is 17.3 Å². The predicted molar refractivity (Wildman–Crippen MR) is 42.7 cm³/mol. The zero-order valence-corrected chi connectivity index (χ0v) is 6.97. The summed E-state index contributed by atoms with van der Waals surface area (Å²) in [5.74, 6) is 0. The van der Waals surface area contributed by atoms with E-state index in [0.29, 0.717) is 5.69 Å². The van der Waals surface area contributed by atoms with E-state index in [0.717, 1.165) is 0 Å². The molecule has 0 aliphatic rings. The van der Waals surface area contributed by atoms with Gasteiger partial charge in [-0.1, -0.05) is 0 Å². The zero-order chi connectivity index (χ0) is 10.0. The maximum Gasteiger partial charge on any atom is 0.278 e. The molecule has 0 amide bonds. The van der Waals surface area contributed by atoms with Crippen LogP contribution in [0, 0.1) is 6.92 Å². The number of aliphatic hydroxyl groups is 1. The molecule has 0 saturated heterocycles. The van der Waals surface area contributed by atoms with Crippen molar-refractivity contribution < 1.29 is 13.9 Å². The number of alkyl halides is 2. The summed E-state index contributed by atoms with van der Waals surface area (Å²) in [5.41, 5.74) is -0.959. The minimum Gasteiger partial charge on any atom is -0.391 e. The van der Waals surface area contributed by atoms with Gasteiger partial charge in [0.1, 0.15) is 0 Å². The number of aromatic amines is 1. The fourth-order valence-electron chi connectivity index (χ4n) is 1.09. The quantitative estimate of drug-likeness (QED) is 0.732. The maximum absolute atomic E-state index is 12.3. The Morgan fingerprint density at radius 1 is 1.62 bits per heavy atom. The van der Waals surface area contributed by atoms with Gasteiger partial charge in [-0.05, 0) is 6.92 Å². The Hall–Kier alpha value is -1.23. The number of nitrogens with one attached hydrogen (secondary N) is 1. The highest BCUT2D eigenvalue weighted by Crippen LogP contribution is 2.18. The molecule has 2 N–H and O–H groups in total. The number of hydrogen-bond acceptors (Lipinski definition) is 2. The number of H-pyrrole nitrogens is 1. The summed E-state index contributed by atoms with van der Waals surface area (Å²) in [5, 5.41) is 8.69. The number of aromatic nitrogens is 1. The largest absolute Gasteiger partial charge is 0.391 e. The molecule has 3 nitrogen and oxygen atoms in total. The summed E-state index contributed by atoms with van der Waals surface area (Å²) in [4.78, 5) is 13.4. The first-order valence-electron chi connectivity index (χ1n) is 3.68. The Morgan fingerprint density at radius 2 is 2.23 bits per heavy atom. The number of rotatable bonds is 2. The third kappa shape index (κ3) is 1.92. The molecule has 0 bridgehead atoms. The van der Waals surface area contributed by atoms with E-state index < -0.39 is 24.2 Å². The van der Waals surface area contributed by atoms with Gasteiger partial charge in [0.2, 0.25) is 0 Å². The van der Waals surface area contributed by atoms with E-state index in [4.69, 9.17) is 5.11 Å². The molecule has 0 aromatic carbocycles. The maximum atomic E-state index is 12.3.